The van der Waals surface area contributed by atoms with E-state index in [4.69, 9.17) is 9.47 Å². The Balaban J connectivity index is 2.12. The van der Waals surface area contributed by atoms with Crippen LogP contribution in [0.4, 0.5) is 0 Å². The number of hydrogen-bond acceptors (Lipinski definition) is 3. The van der Waals surface area contributed by atoms with E-state index in [2.05, 4.69) is 18.7 Å². The topological polar surface area (TPSA) is 18.5 Å². The van der Waals surface area contributed by atoms with Gasteiger partial charge in [-0.2, -0.15) is 12.6 Å². The van der Waals surface area contributed by atoms with Crippen molar-refractivity contribution in [2.45, 2.75) is 32.1 Å². The molecule has 92 valence electrons. The van der Waals surface area contributed by atoms with Gasteiger partial charge in [-0.3, -0.25) is 0 Å². The molecule has 0 N–H and O–H groups in total. The number of ether oxygens (including phenoxy) is 2. The predicted molar refractivity (Wildman–Crippen MR) is 71.6 cm³/mol. The van der Waals surface area contributed by atoms with E-state index in [1.807, 2.05) is 0 Å². The Bertz CT molecular complexity index is 394. The molecule has 0 amide bonds. The molecule has 0 aromatic heterocycles. The van der Waals surface area contributed by atoms with Gasteiger partial charge in [-0.15, -0.1) is 0 Å². The first-order valence-corrected chi connectivity index (χ1v) is 7.07. The summed E-state index contributed by atoms with van der Waals surface area (Å²) in [7, 11) is 0. The molecule has 0 bridgehead atoms. The van der Waals surface area contributed by atoms with Crippen molar-refractivity contribution in [2.24, 2.45) is 0 Å². The third-order valence-electron chi connectivity index (χ3n) is 3.56. The molecule has 0 fully saturated rings. The van der Waals surface area contributed by atoms with Crippen LogP contribution in [-0.4, -0.2) is 19.0 Å². The minimum absolute atomic E-state index is 0.853. The zero-order valence-corrected chi connectivity index (χ0v) is 10.9. The molecule has 0 atom stereocenters. The van der Waals surface area contributed by atoms with Crippen LogP contribution >= 0.6 is 12.6 Å². The fourth-order valence-corrected chi connectivity index (χ4v) is 3.03. The maximum atomic E-state index is 5.88. The lowest BCUT2D eigenvalue weighted by molar-refractivity contribution is 0.270. The number of thiol groups is 1. The molecule has 0 saturated heterocycles. The molecule has 2 nitrogen and oxygen atoms in total. The number of rotatable bonds is 2. The van der Waals surface area contributed by atoms with E-state index < -0.39 is 0 Å². The van der Waals surface area contributed by atoms with Gasteiger partial charge in [0.2, 0.25) is 0 Å². The first-order valence-electron chi connectivity index (χ1n) is 6.44. The van der Waals surface area contributed by atoms with Crippen molar-refractivity contribution in [3.8, 4) is 11.5 Å². The summed E-state index contributed by atoms with van der Waals surface area (Å²) in [6.45, 7) is 1.71. The summed E-state index contributed by atoms with van der Waals surface area (Å²) < 4.78 is 11.7. The Hall–Kier alpha value is -0.830. The van der Waals surface area contributed by atoms with Crippen LogP contribution in [0.3, 0.4) is 0 Å². The summed E-state index contributed by atoms with van der Waals surface area (Å²) in [5, 5.41) is 0. The minimum Gasteiger partial charge on any atom is -0.493 e. The Labute approximate surface area is 108 Å². The van der Waals surface area contributed by atoms with Gasteiger partial charge >= 0.3 is 0 Å². The van der Waals surface area contributed by atoms with Crippen molar-refractivity contribution >= 4 is 12.6 Å². The van der Waals surface area contributed by atoms with Crippen molar-refractivity contribution in [2.75, 3.05) is 19.0 Å². The lowest BCUT2D eigenvalue weighted by atomic mass is 9.92. The summed E-state index contributed by atoms with van der Waals surface area (Å²) in [6, 6.07) is 2.20. The van der Waals surface area contributed by atoms with Crippen molar-refractivity contribution in [1.82, 2.24) is 0 Å². The molecule has 0 aliphatic carbocycles. The molecule has 1 aromatic carbocycles. The molecular weight excluding hydrogens is 232 g/mol. The standard InChI is InChI=1S/C14H18O2S/c17-8-5-12-11-4-2-6-15-13(11)9-10-3-1-7-16-14(10)12/h9,17H,1-8H2. The summed E-state index contributed by atoms with van der Waals surface area (Å²) in [5.74, 6) is 3.10. The predicted octanol–water partition coefficient (Wildman–Crippen LogP) is 2.81. The van der Waals surface area contributed by atoms with Crippen LogP contribution in [0.15, 0.2) is 6.07 Å². The van der Waals surface area contributed by atoms with Gasteiger partial charge in [0, 0.05) is 11.1 Å². The van der Waals surface area contributed by atoms with Gasteiger partial charge in [-0.05, 0) is 49.5 Å². The van der Waals surface area contributed by atoms with Crippen LogP contribution in [0.2, 0.25) is 0 Å². The Morgan fingerprint density at radius 3 is 2.82 bits per heavy atom. The summed E-state index contributed by atoms with van der Waals surface area (Å²) >= 11 is 4.37. The largest absolute Gasteiger partial charge is 0.493 e. The van der Waals surface area contributed by atoms with Crippen molar-refractivity contribution in [1.29, 1.82) is 0 Å². The van der Waals surface area contributed by atoms with Crippen LogP contribution in [0.1, 0.15) is 29.5 Å². The SMILES string of the molecule is SCCc1c2c(cc3c1OCCC3)OCCC2. The van der Waals surface area contributed by atoms with E-state index in [-0.39, 0.29) is 0 Å². The Morgan fingerprint density at radius 2 is 1.94 bits per heavy atom. The molecule has 0 spiro atoms. The van der Waals surface area contributed by atoms with E-state index in [9.17, 15) is 0 Å². The Morgan fingerprint density at radius 1 is 1.12 bits per heavy atom. The van der Waals surface area contributed by atoms with Crippen LogP contribution in [0.5, 0.6) is 11.5 Å². The third kappa shape index (κ3) is 2.01. The number of fused-ring (bicyclic) bond motifs is 2. The second-order valence-corrected chi connectivity index (χ2v) is 5.14. The molecule has 0 unspecified atom stereocenters. The molecule has 0 saturated carbocycles. The van der Waals surface area contributed by atoms with Gasteiger partial charge in [-0.25, -0.2) is 0 Å². The van der Waals surface area contributed by atoms with Crippen LogP contribution in [0.25, 0.3) is 0 Å². The van der Waals surface area contributed by atoms with E-state index in [0.29, 0.717) is 0 Å². The van der Waals surface area contributed by atoms with Crippen LogP contribution in [-0.2, 0) is 19.3 Å². The van der Waals surface area contributed by atoms with Crippen molar-refractivity contribution in [3.05, 3.63) is 22.8 Å². The van der Waals surface area contributed by atoms with Crippen molar-refractivity contribution in [3.63, 3.8) is 0 Å². The number of aryl methyl sites for hydroxylation is 1. The highest BCUT2D eigenvalue weighted by Gasteiger charge is 2.23. The molecule has 0 radical (unpaired) electrons. The zero-order chi connectivity index (χ0) is 11.7. The summed E-state index contributed by atoms with van der Waals surface area (Å²) in [6.07, 6.45) is 5.45. The van der Waals surface area contributed by atoms with E-state index >= 15 is 0 Å². The average Bonchev–Trinajstić information content (AvgIpc) is 2.39. The number of hydrogen-bond donors (Lipinski definition) is 1. The smallest absolute Gasteiger partial charge is 0.126 e. The first-order chi connectivity index (χ1) is 8.40. The van der Waals surface area contributed by atoms with Crippen LogP contribution < -0.4 is 9.47 Å². The maximum Gasteiger partial charge on any atom is 0.126 e. The minimum atomic E-state index is 0.853. The Kier molecular flexibility index (Phi) is 3.19. The van der Waals surface area contributed by atoms with Crippen molar-refractivity contribution < 1.29 is 9.47 Å². The van der Waals surface area contributed by atoms with Gasteiger partial charge in [0.25, 0.3) is 0 Å². The van der Waals surface area contributed by atoms with Crippen LogP contribution in [0, 0.1) is 0 Å². The highest BCUT2D eigenvalue weighted by atomic mass is 32.1. The van der Waals surface area contributed by atoms with E-state index in [1.54, 1.807) is 0 Å². The molecule has 2 aliphatic heterocycles. The third-order valence-corrected chi connectivity index (χ3v) is 3.78. The molecule has 3 heteroatoms. The molecule has 1 aromatic rings. The lowest BCUT2D eigenvalue weighted by Crippen LogP contribution is -2.17. The summed E-state index contributed by atoms with van der Waals surface area (Å²) in [5.41, 5.74) is 4.05. The van der Waals surface area contributed by atoms with Gasteiger partial charge in [-0.1, -0.05) is 0 Å². The van der Waals surface area contributed by atoms with Gasteiger partial charge < -0.3 is 9.47 Å². The van der Waals surface area contributed by atoms with E-state index in [1.165, 1.54) is 16.7 Å². The lowest BCUT2D eigenvalue weighted by Gasteiger charge is -2.27. The zero-order valence-electron chi connectivity index (χ0n) is 10.00. The maximum absolute atomic E-state index is 5.88. The second kappa shape index (κ2) is 4.81. The summed E-state index contributed by atoms with van der Waals surface area (Å²) in [4.78, 5) is 0. The molecule has 17 heavy (non-hydrogen) atoms. The monoisotopic (exact) mass is 250 g/mol. The van der Waals surface area contributed by atoms with Gasteiger partial charge in [0.1, 0.15) is 11.5 Å². The highest BCUT2D eigenvalue weighted by molar-refractivity contribution is 7.80. The highest BCUT2D eigenvalue weighted by Crippen LogP contribution is 2.39. The molecule has 2 heterocycles. The van der Waals surface area contributed by atoms with E-state index in [0.717, 1.165) is 62.6 Å². The second-order valence-electron chi connectivity index (χ2n) is 4.70. The molecular formula is C14H18O2S. The molecule has 3 rings (SSSR count). The quantitative estimate of drug-likeness (QED) is 0.814. The average molecular weight is 250 g/mol. The van der Waals surface area contributed by atoms with Gasteiger partial charge in [0.05, 0.1) is 13.2 Å². The first kappa shape index (κ1) is 11.3. The number of benzene rings is 1. The fourth-order valence-electron chi connectivity index (χ4n) is 2.80. The molecule has 2 aliphatic rings. The normalized spacial score (nSPS) is 17.7. The van der Waals surface area contributed by atoms with Gasteiger partial charge in [0.15, 0.2) is 0 Å². The fraction of sp³-hybridized carbons (Fsp3) is 0.571.